The summed E-state index contributed by atoms with van der Waals surface area (Å²) in [5, 5.41) is 1.67. The Morgan fingerprint density at radius 3 is 2.85 bits per heavy atom. The lowest BCUT2D eigenvalue weighted by Crippen LogP contribution is -2.28. The average molecular weight is 260 g/mol. The zero-order valence-corrected chi connectivity index (χ0v) is 10.3. The van der Waals surface area contributed by atoms with E-state index in [1.807, 2.05) is 24.3 Å². The Bertz CT molecular complexity index is 928. The molecule has 0 spiro atoms. The van der Waals surface area contributed by atoms with Gasteiger partial charge in [0.2, 0.25) is 0 Å². The Kier molecular flexibility index (Phi) is 2.09. The summed E-state index contributed by atoms with van der Waals surface area (Å²) in [5.74, 6) is -0.432. The van der Waals surface area contributed by atoms with Crippen molar-refractivity contribution >= 4 is 41.0 Å². The number of carbonyl (C=O) groups excluding carboxylic acids is 2. The molecule has 4 nitrogen and oxygen atoms in total. The van der Waals surface area contributed by atoms with E-state index >= 15 is 0 Å². The number of benzene rings is 1. The molecule has 1 aliphatic carbocycles. The first-order valence-electron chi connectivity index (χ1n) is 6.19. The lowest BCUT2D eigenvalue weighted by atomic mass is 9.95. The van der Waals surface area contributed by atoms with Gasteiger partial charge in [-0.3, -0.25) is 14.6 Å². The molecule has 1 aromatic carbocycles. The van der Waals surface area contributed by atoms with E-state index in [1.165, 1.54) is 12.2 Å². The third-order valence-electron chi connectivity index (χ3n) is 3.48. The van der Waals surface area contributed by atoms with Crippen molar-refractivity contribution in [2.24, 2.45) is 9.98 Å². The molecule has 94 valence electrons. The average Bonchev–Trinajstić information content (AvgIpc) is 3.02. The first-order chi connectivity index (χ1) is 9.74. The molecule has 2 heterocycles. The van der Waals surface area contributed by atoms with Crippen LogP contribution in [0.4, 0.5) is 5.69 Å². The number of carbonyl (C=O) groups is 2. The van der Waals surface area contributed by atoms with Crippen molar-refractivity contribution in [3.05, 3.63) is 52.4 Å². The van der Waals surface area contributed by atoms with Gasteiger partial charge in [-0.25, -0.2) is 4.99 Å². The number of nitrogens with zero attached hydrogens (tertiary/aromatic N) is 2. The second-order valence-corrected chi connectivity index (χ2v) is 4.65. The summed E-state index contributed by atoms with van der Waals surface area (Å²) in [6, 6.07) is 5.60. The second-order valence-electron chi connectivity index (χ2n) is 4.65. The molecule has 0 atom stereocenters. The van der Waals surface area contributed by atoms with Crippen LogP contribution in [0.25, 0.3) is 11.6 Å². The van der Waals surface area contributed by atoms with Gasteiger partial charge in [-0.2, -0.15) is 0 Å². The van der Waals surface area contributed by atoms with Crippen LogP contribution in [0.5, 0.6) is 0 Å². The molecule has 0 saturated heterocycles. The summed E-state index contributed by atoms with van der Waals surface area (Å²) < 4.78 is 0. The lowest BCUT2D eigenvalue weighted by molar-refractivity contribution is -0.112. The highest BCUT2D eigenvalue weighted by Gasteiger charge is 2.28. The molecule has 1 amide bonds. The second kappa shape index (κ2) is 3.81. The standard InChI is InChI=1S/C16H8N2O2/c19-9-4-5-14-12(8-9)15(16(20)18-14)11-2-1-3-13-10(11)6-7-17-13/h1-8H. The Hall–Kier alpha value is -2.88. The van der Waals surface area contributed by atoms with E-state index in [9.17, 15) is 9.59 Å². The molecule has 0 bridgehead atoms. The quantitative estimate of drug-likeness (QED) is 0.633. The SMILES string of the molecule is O=C1C=CC2=NC(=O)C(=c3cccc4c3=CC=N4)C2=C1. The molecular weight excluding hydrogens is 252 g/mol. The van der Waals surface area contributed by atoms with Crippen LogP contribution >= 0.6 is 0 Å². The minimum Gasteiger partial charge on any atom is -0.290 e. The van der Waals surface area contributed by atoms with E-state index < -0.39 is 0 Å². The van der Waals surface area contributed by atoms with Crippen LogP contribution in [0.3, 0.4) is 0 Å². The molecule has 0 radical (unpaired) electrons. The van der Waals surface area contributed by atoms with Gasteiger partial charge in [0, 0.05) is 17.0 Å². The van der Waals surface area contributed by atoms with Crippen LogP contribution in [0.2, 0.25) is 0 Å². The predicted octanol–water partition coefficient (Wildman–Crippen LogP) is 0.380. The van der Waals surface area contributed by atoms with Crippen molar-refractivity contribution in [3.8, 4) is 0 Å². The number of hydrogen-bond donors (Lipinski definition) is 0. The number of ketones is 1. The number of aliphatic imine (C=N–C) groups is 2. The Morgan fingerprint density at radius 1 is 1.05 bits per heavy atom. The van der Waals surface area contributed by atoms with Crippen LogP contribution < -0.4 is 10.4 Å². The fourth-order valence-electron chi connectivity index (χ4n) is 2.60. The van der Waals surface area contributed by atoms with Crippen molar-refractivity contribution in [1.29, 1.82) is 0 Å². The first-order valence-corrected chi connectivity index (χ1v) is 6.19. The number of hydrogen-bond acceptors (Lipinski definition) is 3. The van der Waals surface area contributed by atoms with Crippen molar-refractivity contribution in [1.82, 2.24) is 0 Å². The summed E-state index contributed by atoms with van der Waals surface area (Å²) in [6.45, 7) is 0. The fourth-order valence-corrected chi connectivity index (χ4v) is 2.60. The molecule has 4 rings (SSSR count). The number of fused-ring (bicyclic) bond motifs is 2. The summed E-state index contributed by atoms with van der Waals surface area (Å²) in [6.07, 6.45) is 8.05. The van der Waals surface area contributed by atoms with E-state index in [1.54, 1.807) is 12.3 Å². The highest BCUT2D eigenvalue weighted by molar-refractivity contribution is 6.43. The smallest absolute Gasteiger partial charge is 0.278 e. The van der Waals surface area contributed by atoms with Crippen LogP contribution in [0, 0.1) is 0 Å². The molecule has 0 unspecified atom stereocenters. The van der Waals surface area contributed by atoms with Crippen molar-refractivity contribution in [2.45, 2.75) is 0 Å². The summed E-state index contributed by atoms with van der Waals surface area (Å²) in [4.78, 5) is 32.0. The molecule has 1 aromatic rings. The predicted molar refractivity (Wildman–Crippen MR) is 76.4 cm³/mol. The van der Waals surface area contributed by atoms with Crippen LogP contribution in [-0.2, 0) is 9.59 Å². The highest BCUT2D eigenvalue weighted by atomic mass is 16.1. The van der Waals surface area contributed by atoms with E-state index in [0.29, 0.717) is 16.9 Å². The summed E-state index contributed by atoms with van der Waals surface area (Å²) >= 11 is 0. The first kappa shape index (κ1) is 11.0. The zero-order chi connectivity index (χ0) is 13.7. The van der Waals surface area contributed by atoms with E-state index in [0.717, 1.165) is 16.1 Å². The van der Waals surface area contributed by atoms with Crippen LogP contribution in [0.15, 0.2) is 52.0 Å². The Balaban J connectivity index is 2.11. The Morgan fingerprint density at radius 2 is 1.95 bits per heavy atom. The monoisotopic (exact) mass is 260 g/mol. The van der Waals surface area contributed by atoms with Gasteiger partial charge in [-0.15, -0.1) is 0 Å². The third-order valence-corrected chi connectivity index (χ3v) is 3.48. The Labute approximate surface area is 113 Å². The maximum Gasteiger partial charge on any atom is 0.278 e. The minimum absolute atomic E-state index is 0.126. The van der Waals surface area contributed by atoms with Crippen molar-refractivity contribution in [2.75, 3.05) is 0 Å². The minimum atomic E-state index is -0.306. The van der Waals surface area contributed by atoms with Gasteiger partial charge in [0.25, 0.3) is 5.91 Å². The topological polar surface area (TPSA) is 58.9 Å². The number of allylic oxidation sites excluding steroid dienone is 3. The molecule has 3 aliphatic rings. The molecule has 0 aromatic heterocycles. The zero-order valence-electron chi connectivity index (χ0n) is 10.3. The van der Waals surface area contributed by atoms with E-state index in [-0.39, 0.29) is 11.7 Å². The molecule has 0 fully saturated rings. The van der Waals surface area contributed by atoms with Crippen molar-refractivity contribution in [3.63, 3.8) is 0 Å². The normalized spacial score (nSPS) is 21.4. The summed E-state index contributed by atoms with van der Waals surface area (Å²) in [7, 11) is 0. The third kappa shape index (κ3) is 1.42. The van der Waals surface area contributed by atoms with E-state index in [4.69, 9.17) is 0 Å². The molecule has 20 heavy (non-hydrogen) atoms. The van der Waals surface area contributed by atoms with Crippen molar-refractivity contribution < 1.29 is 9.59 Å². The molecular formula is C16H8N2O2. The van der Waals surface area contributed by atoms with Gasteiger partial charge >= 0.3 is 0 Å². The van der Waals surface area contributed by atoms with Gasteiger partial charge in [0.15, 0.2) is 5.78 Å². The maximum absolute atomic E-state index is 12.2. The summed E-state index contributed by atoms with van der Waals surface area (Å²) in [5.41, 5.74) is 2.48. The maximum atomic E-state index is 12.2. The van der Waals surface area contributed by atoms with Gasteiger partial charge in [0.05, 0.1) is 17.0 Å². The number of amides is 1. The van der Waals surface area contributed by atoms with Gasteiger partial charge in [-0.1, -0.05) is 12.1 Å². The lowest BCUT2D eigenvalue weighted by Gasteiger charge is -2.04. The van der Waals surface area contributed by atoms with E-state index in [2.05, 4.69) is 9.98 Å². The van der Waals surface area contributed by atoms with Crippen LogP contribution in [0.1, 0.15) is 0 Å². The molecule has 0 saturated carbocycles. The molecule has 2 aliphatic heterocycles. The largest absolute Gasteiger partial charge is 0.290 e. The fraction of sp³-hybridized carbons (Fsp3) is 0. The van der Waals surface area contributed by atoms with Gasteiger partial charge < -0.3 is 0 Å². The van der Waals surface area contributed by atoms with Gasteiger partial charge in [0.1, 0.15) is 0 Å². The highest BCUT2D eigenvalue weighted by Crippen LogP contribution is 2.24. The number of rotatable bonds is 0. The molecule has 0 N–H and O–H groups in total. The van der Waals surface area contributed by atoms with Crippen LogP contribution in [-0.4, -0.2) is 23.6 Å². The van der Waals surface area contributed by atoms with Gasteiger partial charge in [-0.05, 0) is 35.6 Å². The molecule has 4 heteroatoms.